The predicted molar refractivity (Wildman–Crippen MR) is 91.8 cm³/mol. The van der Waals surface area contributed by atoms with E-state index in [-0.39, 0.29) is 5.69 Å². The Labute approximate surface area is 147 Å². The fraction of sp³-hybridized carbons (Fsp3) is 0.0588. The third-order valence-corrected chi connectivity index (χ3v) is 3.58. The second kappa shape index (κ2) is 7.31. The van der Waals surface area contributed by atoms with Crippen LogP contribution in [0.4, 0.5) is 25.0 Å². The Morgan fingerprint density at radius 1 is 1.12 bits per heavy atom. The first kappa shape index (κ1) is 16.9. The zero-order valence-electron chi connectivity index (χ0n) is 12.8. The Bertz CT molecular complexity index is 896. The fourth-order valence-electron chi connectivity index (χ4n) is 2.17. The van der Waals surface area contributed by atoms with E-state index in [2.05, 4.69) is 15.7 Å². The maximum Gasteiger partial charge on any atom is 0.323 e. The molecule has 0 unspecified atom stereocenters. The van der Waals surface area contributed by atoms with Crippen LogP contribution in [0.15, 0.2) is 54.9 Å². The van der Waals surface area contributed by atoms with Gasteiger partial charge in [0.25, 0.3) is 0 Å². The molecule has 0 saturated carbocycles. The summed E-state index contributed by atoms with van der Waals surface area (Å²) in [5.74, 6) is -1.57. The van der Waals surface area contributed by atoms with E-state index >= 15 is 0 Å². The number of hydrogen-bond acceptors (Lipinski definition) is 2. The molecule has 2 N–H and O–H groups in total. The Morgan fingerprint density at radius 3 is 2.60 bits per heavy atom. The molecule has 3 aromatic rings. The molecule has 5 nitrogen and oxygen atoms in total. The van der Waals surface area contributed by atoms with Crippen LogP contribution < -0.4 is 10.6 Å². The van der Waals surface area contributed by atoms with Gasteiger partial charge in [0, 0.05) is 17.3 Å². The number of amides is 2. The van der Waals surface area contributed by atoms with E-state index in [0.717, 1.165) is 17.7 Å². The normalized spacial score (nSPS) is 10.5. The van der Waals surface area contributed by atoms with E-state index in [1.54, 1.807) is 23.0 Å². The highest BCUT2D eigenvalue weighted by atomic mass is 35.5. The molecule has 0 spiro atoms. The molecule has 2 aromatic carbocycles. The van der Waals surface area contributed by atoms with Gasteiger partial charge in [0.2, 0.25) is 0 Å². The van der Waals surface area contributed by atoms with Gasteiger partial charge in [-0.25, -0.2) is 13.6 Å². The summed E-state index contributed by atoms with van der Waals surface area (Å²) < 4.78 is 28.0. The second-order valence-electron chi connectivity index (χ2n) is 5.26. The largest absolute Gasteiger partial charge is 0.323 e. The molecule has 128 valence electrons. The molecule has 0 atom stereocenters. The van der Waals surface area contributed by atoms with Gasteiger partial charge in [-0.2, -0.15) is 5.10 Å². The Morgan fingerprint density at radius 2 is 1.88 bits per heavy atom. The van der Waals surface area contributed by atoms with Crippen molar-refractivity contribution in [1.82, 2.24) is 9.78 Å². The maximum absolute atomic E-state index is 13.5. The molecular formula is C17H13ClF2N4O. The number of aromatic nitrogens is 2. The quantitative estimate of drug-likeness (QED) is 0.717. The number of rotatable bonds is 4. The summed E-state index contributed by atoms with van der Waals surface area (Å²) in [6, 6.07) is 9.56. The first-order valence-electron chi connectivity index (χ1n) is 7.29. The minimum Gasteiger partial charge on any atom is -0.305 e. The van der Waals surface area contributed by atoms with Crippen molar-refractivity contribution >= 4 is 29.0 Å². The van der Waals surface area contributed by atoms with Crippen molar-refractivity contribution in [1.29, 1.82) is 0 Å². The highest BCUT2D eigenvalue weighted by Gasteiger charge is 2.09. The number of carbonyl (C=O) groups is 1. The summed E-state index contributed by atoms with van der Waals surface area (Å²) in [6.07, 6.45) is 3.10. The Kier molecular flexibility index (Phi) is 4.95. The van der Waals surface area contributed by atoms with E-state index in [0.29, 0.717) is 23.3 Å². The zero-order chi connectivity index (χ0) is 17.8. The third kappa shape index (κ3) is 4.54. The molecule has 0 aliphatic carbocycles. The summed E-state index contributed by atoms with van der Waals surface area (Å²) in [7, 11) is 0. The fourth-order valence-corrected chi connectivity index (χ4v) is 2.29. The molecule has 0 fully saturated rings. The molecular weight excluding hydrogens is 350 g/mol. The van der Waals surface area contributed by atoms with E-state index in [9.17, 15) is 13.6 Å². The Hall–Kier alpha value is -2.93. The lowest BCUT2D eigenvalue weighted by molar-refractivity contribution is 0.262. The smallest absolute Gasteiger partial charge is 0.305 e. The third-order valence-electron chi connectivity index (χ3n) is 3.33. The zero-order valence-corrected chi connectivity index (χ0v) is 13.6. The van der Waals surface area contributed by atoms with Crippen LogP contribution in [0.1, 0.15) is 5.56 Å². The monoisotopic (exact) mass is 362 g/mol. The minimum absolute atomic E-state index is 0.118. The van der Waals surface area contributed by atoms with Crippen molar-refractivity contribution in [3.63, 3.8) is 0 Å². The molecule has 0 radical (unpaired) electrons. The van der Waals surface area contributed by atoms with Crippen LogP contribution in [0.25, 0.3) is 0 Å². The van der Waals surface area contributed by atoms with Crippen LogP contribution in [0.2, 0.25) is 5.02 Å². The molecule has 0 bridgehead atoms. The number of benzene rings is 2. The molecule has 2 amide bonds. The van der Waals surface area contributed by atoms with Gasteiger partial charge in [-0.1, -0.05) is 23.7 Å². The van der Waals surface area contributed by atoms with Crippen molar-refractivity contribution < 1.29 is 13.6 Å². The van der Waals surface area contributed by atoms with Crippen LogP contribution in [0.3, 0.4) is 0 Å². The molecule has 0 aliphatic rings. The highest BCUT2D eigenvalue weighted by molar-refractivity contribution is 6.30. The van der Waals surface area contributed by atoms with Crippen LogP contribution in [-0.2, 0) is 6.54 Å². The van der Waals surface area contributed by atoms with Crippen LogP contribution in [-0.4, -0.2) is 15.8 Å². The van der Waals surface area contributed by atoms with Gasteiger partial charge < -0.3 is 10.6 Å². The SMILES string of the molecule is O=C(Nc1cnn(Cc2ccc(Cl)cc2)c1)Nc1ccc(F)cc1F. The van der Waals surface area contributed by atoms with E-state index < -0.39 is 17.7 Å². The van der Waals surface area contributed by atoms with Gasteiger partial charge in [-0.15, -0.1) is 0 Å². The van der Waals surface area contributed by atoms with Crippen molar-refractivity contribution in [2.75, 3.05) is 10.6 Å². The molecule has 3 rings (SSSR count). The van der Waals surface area contributed by atoms with Crippen molar-refractivity contribution in [2.24, 2.45) is 0 Å². The molecule has 0 saturated heterocycles. The molecule has 0 aliphatic heterocycles. The average Bonchev–Trinajstić information content (AvgIpc) is 2.99. The van der Waals surface area contributed by atoms with Crippen molar-refractivity contribution in [2.45, 2.75) is 6.54 Å². The number of urea groups is 1. The standard InChI is InChI=1S/C17H13ClF2N4O/c18-12-3-1-11(2-4-12)9-24-10-14(8-21-24)22-17(25)23-16-6-5-13(19)7-15(16)20/h1-8,10H,9H2,(H2,22,23,25). The summed E-state index contributed by atoms with van der Waals surface area (Å²) in [6.45, 7) is 0.507. The van der Waals surface area contributed by atoms with Crippen LogP contribution in [0, 0.1) is 11.6 Å². The van der Waals surface area contributed by atoms with Gasteiger partial charge in [0.1, 0.15) is 11.6 Å². The topological polar surface area (TPSA) is 59.0 Å². The highest BCUT2D eigenvalue weighted by Crippen LogP contribution is 2.16. The van der Waals surface area contributed by atoms with Gasteiger partial charge >= 0.3 is 6.03 Å². The van der Waals surface area contributed by atoms with E-state index in [1.807, 2.05) is 12.1 Å². The predicted octanol–water partition coefficient (Wildman–Crippen LogP) is 4.51. The maximum atomic E-state index is 13.5. The second-order valence-corrected chi connectivity index (χ2v) is 5.69. The number of halogens is 3. The van der Waals surface area contributed by atoms with Gasteiger partial charge in [-0.3, -0.25) is 4.68 Å². The van der Waals surface area contributed by atoms with Gasteiger partial charge in [0.15, 0.2) is 0 Å². The lowest BCUT2D eigenvalue weighted by atomic mass is 10.2. The molecule has 1 heterocycles. The molecule has 1 aromatic heterocycles. The minimum atomic E-state index is -0.853. The number of nitrogens with zero attached hydrogens (tertiary/aromatic N) is 2. The summed E-state index contributed by atoms with van der Waals surface area (Å²) in [5, 5.41) is 9.63. The molecule has 8 heteroatoms. The van der Waals surface area contributed by atoms with Crippen LogP contribution in [0.5, 0.6) is 0 Å². The molecule has 25 heavy (non-hydrogen) atoms. The van der Waals surface area contributed by atoms with Crippen LogP contribution >= 0.6 is 11.6 Å². The summed E-state index contributed by atoms with van der Waals surface area (Å²) in [4.78, 5) is 11.9. The van der Waals surface area contributed by atoms with Gasteiger partial charge in [0.05, 0.1) is 24.1 Å². The van der Waals surface area contributed by atoms with E-state index in [1.165, 1.54) is 6.20 Å². The van der Waals surface area contributed by atoms with E-state index in [4.69, 9.17) is 11.6 Å². The number of carbonyl (C=O) groups excluding carboxylic acids is 1. The number of nitrogens with one attached hydrogen (secondary N) is 2. The van der Waals surface area contributed by atoms with Gasteiger partial charge in [-0.05, 0) is 29.8 Å². The summed E-state index contributed by atoms with van der Waals surface area (Å²) >= 11 is 5.84. The Balaban J connectivity index is 1.60. The average molecular weight is 363 g/mol. The van der Waals surface area contributed by atoms with Crippen molar-refractivity contribution in [3.05, 3.63) is 77.1 Å². The lowest BCUT2D eigenvalue weighted by Crippen LogP contribution is -2.19. The number of anilines is 2. The first-order valence-corrected chi connectivity index (χ1v) is 7.67. The first-order chi connectivity index (χ1) is 12.0. The lowest BCUT2D eigenvalue weighted by Gasteiger charge is -2.07. The summed E-state index contributed by atoms with van der Waals surface area (Å²) in [5.41, 5.74) is 1.32. The van der Waals surface area contributed by atoms with Crippen molar-refractivity contribution in [3.8, 4) is 0 Å². The number of hydrogen-bond donors (Lipinski definition) is 2.